The van der Waals surface area contributed by atoms with Crippen molar-refractivity contribution in [3.05, 3.63) is 0 Å². The number of carbonyl (C=O) groups is 1. The minimum atomic E-state index is -0.670. The van der Waals surface area contributed by atoms with Crippen molar-refractivity contribution < 1.29 is 9.53 Å². The van der Waals surface area contributed by atoms with Gasteiger partial charge in [-0.1, -0.05) is 26.7 Å². The third-order valence-corrected chi connectivity index (χ3v) is 4.65. The number of hydrogen-bond acceptors (Lipinski definition) is 4. The second-order valence-corrected chi connectivity index (χ2v) is 6.45. The van der Waals surface area contributed by atoms with Gasteiger partial charge in [0.2, 0.25) is 5.91 Å². The molecule has 3 atom stereocenters. The maximum absolute atomic E-state index is 12.4. The summed E-state index contributed by atoms with van der Waals surface area (Å²) in [7, 11) is 0. The molecule has 0 aromatic heterocycles. The molecule has 5 heteroatoms. The molecule has 2 fully saturated rings. The van der Waals surface area contributed by atoms with Gasteiger partial charge in [-0.25, -0.2) is 0 Å². The zero-order valence-electron chi connectivity index (χ0n) is 12.9. The van der Waals surface area contributed by atoms with Crippen molar-refractivity contribution in [3.8, 4) is 0 Å². The Morgan fingerprint density at radius 1 is 1.55 bits per heavy atom. The molecule has 5 nitrogen and oxygen atoms in total. The third-order valence-electron chi connectivity index (χ3n) is 4.65. The lowest BCUT2D eigenvalue weighted by Crippen LogP contribution is -2.58. The average Bonchev–Trinajstić information content (AvgIpc) is 2.44. The Bertz CT molecular complexity index is 337. The number of likely N-dealkylation sites (N-methyl/N-ethyl adjacent to an activating group) is 1. The topological polar surface area (TPSA) is 67.6 Å². The van der Waals surface area contributed by atoms with E-state index in [-0.39, 0.29) is 12.0 Å². The smallest absolute Gasteiger partial charge is 0.240 e. The monoisotopic (exact) mass is 283 g/mol. The van der Waals surface area contributed by atoms with E-state index in [4.69, 9.17) is 10.5 Å². The number of rotatable bonds is 4. The number of nitrogens with two attached hydrogens (primary N) is 1. The Kier molecular flexibility index (Phi) is 5.41. The summed E-state index contributed by atoms with van der Waals surface area (Å²) >= 11 is 0. The Balaban J connectivity index is 1.79. The summed E-state index contributed by atoms with van der Waals surface area (Å²) in [5.41, 5.74) is 5.63. The first kappa shape index (κ1) is 15.7. The lowest BCUT2D eigenvalue weighted by Gasteiger charge is -2.36. The molecule has 0 aromatic rings. The highest BCUT2D eigenvalue weighted by molar-refractivity contribution is 5.86. The molecule has 1 aliphatic carbocycles. The lowest BCUT2D eigenvalue weighted by atomic mass is 9.76. The Morgan fingerprint density at radius 3 is 3.05 bits per heavy atom. The fraction of sp³-hybridized carbons (Fsp3) is 0.933. The summed E-state index contributed by atoms with van der Waals surface area (Å²) in [4.78, 5) is 14.7. The Hall–Kier alpha value is -0.650. The second-order valence-electron chi connectivity index (χ2n) is 6.45. The zero-order valence-corrected chi connectivity index (χ0v) is 12.9. The normalized spacial score (nSPS) is 35.8. The van der Waals surface area contributed by atoms with Crippen LogP contribution < -0.4 is 11.1 Å². The Morgan fingerprint density at radius 2 is 2.35 bits per heavy atom. The lowest BCUT2D eigenvalue weighted by molar-refractivity contribution is -0.129. The molecule has 0 bridgehead atoms. The van der Waals surface area contributed by atoms with E-state index in [1.807, 2.05) is 0 Å². The summed E-state index contributed by atoms with van der Waals surface area (Å²) in [6.45, 7) is 8.56. The van der Waals surface area contributed by atoms with Crippen molar-refractivity contribution in [2.24, 2.45) is 11.7 Å². The molecule has 1 aliphatic heterocycles. The number of hydrogen-bond donors (Lipinski definition) is 2. The van der Waals surface area contributed by atoms with Gasteiger partial charge in [0.25, 0.3) is 0 Å². The third kappa shape index (κ3) is 3.93. The molecule has 0 radical (unpaired) electrons. The van der Waals surface area contributed by atoms with Crippen LogP contribution in [-0.4, -0.2) is 55.2 Å². The van der Waals surface area contributed by atoms with Crippen LogP contribution in [0.5, 0.6) is 0 Å². The Labute approximate surface area is 122 Å². The van der Waals surface area contributed by atoms with Crippen molar-refractivity contribution in [1.82, 2.24) is 10.2 Å². The van der Waals surface area contributed by atoms with E-state index in [1.54, 1.807) is 0 Å². The first-order valence-electron chi connectivity index (χ1n) is 7.94. The molecular formula is C15H29N3O2. The van der Waals surface area contributed by atoms with Crippen LogP contribution in [0, 0.1) is 5.92 Å². The standard InChI is InChI=1S/C15H29N3O2/c1-3-18-7-8-20-13(11-18)10-17-14(19)15(16)6-4-5-12(2)9-15/h12-13H,3-11,16H2,1-2H3,(H,17,19). The van der Waals surface area contributed by atoms with Crippen molar-refractivity contribution in [1.29, 1.82) is 0 Å². The van der Waals surface area contributed by atoms with Gasteiger partial charge < -0.3 is 15.8 Å². The molecular weight excluding hydrogens is 254 g/mol. The maximum atomic E-state index is 12.4. The minimum absolute atomic E-state index is 0.00118. The summed E-state index contributed by atoms with van der Waals surface area (Å²) in [6, 6.07) is 0. The first-order valence-corrected chi connectivity index (χ1v) is 7.94. The van der Waals surface area contributed by atoms with E-state index >= 15 is 0 Å². The molecule has 3 unspecified atom stereocenters. The van der Waals surface area contributed by atoms with Crippen LogP contribution in [0.2, 0.25) is 0 Å². The fourth-order valence-corrected chi connectivity index (χ4v) is 3.37. The van der Waals surface area contributed by atoms with Gasteiger partial charge in [-0.05, 0) is 25.3 Å². The van der Waals surface area contributed by atoms with E-state index in [9.17, 15) is 4.79 Å². The van der Waals surface area contributed by atoms with Gasteiger partial charge in [0, 0.05) is 19.6 Å². The van der Waals surface area contributed by atoms with Crippen molar-refractivity contribution in [2.45, 2.75) is 51.2 Å². The van der Waals surface area contributed by atoms with E-state index in [0.717, 1.165) is 45.5 Å². The molecule has 116 valence electrons. The van der Waals surface area contributed by atoms with Gasteiger partial charge in [-0.3, -0.25) is 9.69 Å². The number of morpholine rings is 1. The predicted molar refractivity (Wildman–Crippen MR) is 79.4 cm³/mol. The van der Waals surface area contributed by atoms with E-state index in [2.05, 4.69) is 24.1 Å². The molecule has 0 spiro atoms. The highest BCUT2D eigenvalue weighted by Crippen LogP contribution is 2.30. The van der Waals surface area contributed by atoms with Crippen LogP contribution in [0.4, 0.5) is 0 Å². The summed E-state index contributed by atoms with van der Waals surface area (Å²) in [5, 5.41) is 3.01. The van der Waals surface area contributed by atoms with E-state index in [1.165, 1.54) is 6.42 Å². The first-order chi connectivity index (χ1) is 9.53. The van der Waals surface area contributed by atoms with Gasteiger partial charge in [0.15, 0.2) is 0 Å². The summed E-state index contributed by atoms with van der Waals surface area (Å²) < 4.78 is 5.70. The van der Waals surface area contributed by atoms with Crippen molar-refractivity contribution in [2.75, 3.05) is 32.8 Å². The van der Waals surface area contributed by atoms with Crippen LogP contribution in [0.3, 0.4) is 0 Å². The van der Waals surface area contributed by atoms with E-state index in [0.29, 0.717) is 12.5 Å². The van der Waals surface area contributed by atoms with Crippen LogP contribution in [0.1, 0.15) is 39.5 Å². The quantitative estimate of drug-likeness (QED) is 0.798. The van der Waals surface area contributed by atoms with Crippen LogP contribution in [0.15, 0.2) is 0 Å². The number of nitrogens with one attached hydrogen (secondary N) is 1. The largest absolute Gasteiger partial charge is 0.374 e. The van der Waals surface area contributed by atoms with Crippen molar-refractivity contribution >= 4 is 5.91 Å². The molecule has 20 heavy (non-hydrogen) atoms. The minimum Gasteiger partial charge on any atom is -0.374 e. The molecule has 1 amide bonds. The fourth-order valence-electron chi connectivity index (χ4n) is 3.37. The van der Waals surface area contributed by atoms with Gasteiger partial charge >= 0.3 is 0 Å². The van der Waals surface area contributed by atoms with Gasteiger partial charge in [-0.15, -0.1) is 0 Å². The number of amides is 1. The van der Waals surface area contributed by atoms with E-state index < -0.39 is 5.54 Å². The van der Waals surface area contributed by atoms with Gasteiger partial charge in [0.1, 0.15) is 0 Å². The molecule has 1 saturated heterocycles. The molecule has 1 saturated carbocycles. The number of nitrogens with zero attached hydrogens (tertiary/aromatic N) is 1. The SMILES string of the molecule is CCN1CCOC(CNC(=O)C2(N)CCCC(C)C2)C1. The van der Waals surface area contributed by atoms with Crippen LogP contribution in [-0.2, 0) is 9.53 Å². The predicted octanol–water partition coefficient (Wildman–Crippen LogP) is 0.731. The summed E-state index contributed by atoms with van der Waals surface area (Å²) in [5.74, 6) is 0.544. The van der Waals surface area contributed by atoms with Gasteiger partial charge in [0.05, 0.1) is 18.2 Å². The highest BCUT2D eigenvalue weighted by atomic mass is 16.5. The maximum Gasteiger partial charge on any atom is 0.240 e. The summed E-state index contributed by atoms with van der Waals surface area (Å²) in [6.07, 6.45) is 3.93. The molecule has 2 aliphatic rings. The molecule has 0 aromatic carbocycles. The molecule has 2 rings (SSSR count). The van der Waals surface area contributed by atoms with Gasteiger partial charge in [-0.2, -0.15) is 0 Å². The second kappa shape index (κ2) is 6.87. The van der Waals surface area contributed by atoms with Crippen LogP contribution >= 0.6 is 0 Å². The number of ether oxygens (including phenoxy) is 1. The average molecular weight is 283 g/mol. The van der Waals surface area contributed by atoms with Crippen molar-refractivity contribution in [3.63, 3.8) is 0 Å². The number of carbonyl (C=O) groups excluding carboxylic acids is 1. The highest BCUT2D eigenvalue weighted by Gasteiger charge is 2.38. The molecule has 1 heterocycles. The zero-order chi connectivity index (χ0) is 14.6. The molecule has 3 N–H and O–H groups in total. The van der Waals surface area contributed by atoms with Crippen LogP contribution in [0.25, 0.3) is 0 Å².